The standard InChI is InChI=1S/C16H23N5O2S.C11H11ClN2.C11H12N2O.C10H13NO2.C5H13N3O2S.C2H6N2.C2H4O2.CH4.Cl3OP.ClH.Na/c1-10-6-14-15(7-11(10)2)19-12(3)20-16(14)21-8-13(9-21)4-5-18-24(17,22)23;1-6-4-9-10(5-7(6)2)13-8(3)14-11(9)12;1-6-4-9-10(5-7(6)2)12-8(3)13-11(9)14;1-6-4-8(10(12)13-3)9(11)5-7(6)2;6-11(9,10)8-2-1-5-3-7-4-5;2*1-2(3)4;;1-5(2,3)4;;/h6-7,13,18H,4-5,8-9H2,1-3H3,(H2,17,22,23);4-5H,1-3H3;4-5H,1-3H3,(H,12,13,14);4-5H,11H2,1-3H3;5,7-8H,1-4H2,(H2,6,9,10);1H3,(H3,3,4);1H3,(H,3,4);1H4;;1H;/q;;;;;;;;;;+1/p-1. The molecule has 0 saturated carbocycles. The van der Waals surface area contributed by atoms with Crippen LogP contribution in [0, 0.1) is 93.4 Å². The van der Waals surface area contributed by atoms with Crippen LogP contribution in [0.3, 0.4) is 0 Å². The summed E-state index contributed by atoms with van der Waals surface area (Å²) in [4.78, 5) is 58.5. The Hall–Kier alpha value is -4.91. The summed E-state index contributed by atoms with van der Waals surface area (Å²) in [5, 5.41) is 27.9. The van der Waals surface area contributed by atoms with Crippen LogP contribution >= 0.6 is 62.9 Å². The van der Waals surface area contributed by atoms with E-state index in [4.69, 9.17) is 48.7 Å². The summed E-state index contributed by atoms with van der Waals surface area (Å²) in [6.45, 7) is 28.8. The van der Waals surface area contributed by atoms with E-state index in [2.05, 4.69) is 128 Å². The van der Waals surface area contributed by atoms with E-state index in [0.29, 0.717) is 58.4 Å². The van der Waals surface area contributed by atoms with Gasteiger partial charge in [-0.2, -0.15) is 16.8 Å². The molecule has 3 aromatic heterocycles. The number of methoxy groups -OCH3 is 1. The quantitative estimate of drug-likeness (QED) is 0.0147. The van der Waals surface area contributed by atoms with Crippen molar-refractivity contribution >= 4 is 145 Å². The summed E-state index contributed by atoms with van der Waals surface area (Å²) >= 11 is 19.9. The molecule has 0 unspecified atom stereocenters. The van der Waals surface area contributed by atoms with Gasteiger partial charge in [-0.15, -0.1) is 12.4 Å². The average Bonchev–Trinajstić information content (AvgIpc) is 0.802. The Morgan fingerprint density at radius 3 is 1.46 bits per heavy atom. The number of anilines is 2. The van der Waals surface area contributed by atoms with Crippen molar-refractivity contribution in [1.82, 2.24) is 44.7 Å². The molecular formula is C58H86Cl5N15NaO10PS2. The minimum absolute atomic E-state index is 0. The second-order valence-electron chi connectivity index (χ2n) is 21.0. The van der Waals surface area contributed by atoms with Crippen LogP contribution < -0.4 is 81.6 Å². The van der Waals surface area contributed by atoms with Crippen molar-refractivity contribution in [2.24, 2.45) is 27.8 Å². The molecular weight excluding hydrogens is 1360 g/mol. The van der Waals surface area contributed by atoms with Gasteiger partial charge in [0.1, 0.15) is 28.4 Å². The molecule has 506 valence electrons. The topological polar surface area (TPSA) is 416 Å². The van der Waals surface area contributed by atoms with Gasteiger partial charge in [0.25, 0.3) is 26.0 Å². The third-order valence-electron chi connectivity index (χ3n) is 13.1. The van der Waals surface area contributed by atoms with Crippen molar-refractivity contribution in [3.8, 4) is 0 Å². The van der Waals surface area contributed by atoms with Crippen molar-refractivity contribution in [1.29, 1.82) is 5.41 Å². The molecule has 0 aliphatic carbocycles. The van der Waals surface area contributed by atoms with Crippen LogP contribution in [0.4, 0.5) is 11.5 Å². The van der Waals surface area contributed by atoms with E-state index in [-0.39, 0.29) is 66.8 Å². The van der Waals surface area contributed by atoms with Gasteiger partial charge in [0.2, 0.25) is 0 Å². The Balaban J connectivity index is 0. The second-order valence-corrected chi connectivity index (χ2v) is 30.8. The molecule has 2 aliphatic rings. The fourth-order valence-electron chi connectivity index (χ4n) is 8.12. The molecule has 34 heteroatoms. The van der Waals surface area contributed by atoms with E-state index in [1.165, 1.54) is 36.3 Å². The van der Waals surface area contributed by atoms with E-state index in [1.807, 2.05) is 65.8 Å². The molecule has 2 fully saturated rings. The third kappa shape index (κ3) is 34.0. The molecule has 25 nitrogen and oxygen atoms in total. The van der Waals surface area contributed by atoms with Crippen molar-refractivity contribution in [2.75, 3.05) is 57.0 Å². The van der Waals surface area contributed by atoms with Crippen molar-refractivity contribution in [3.05, 3.63) is 132 Å². The van der Waals surface area contributed by atoms with Crippen LogP contribution in [0.15, 0.2) is 53.3 Å². The van der Waals surface area contributed by atoms with Crippen LogP contribution in [-0.2, 0) is 34.5 Å². The Kier molecular flexibility index (Phi) is 39.9. The molecule has 0 amide bonds. The van der Waals surface area contributed by atoms with Crippen LogP contribution in [0.2, 0.25) is 5.15 Å². The maximum absolute atomic E-state index is 11.6. The number of H-pyrrole nitrogens is 1. The molecule has 4 aromatic carbocycles. The molecule has 7 aromatic rings. The van der Waals surface area contributed by atoms with Gasteiger partial charge in [-0.25, -0.2) is 49.4 Å². The molecule has 13 N–H and O–H groups in total. The number of nitrogen functional groups attached to an aromatic ring is 1. The number of carbonyl (C=O) groups is 2. The number of nitrogens with one attached hydrogen (secondary N) is 5. The van der Waals surface area contributed by atoms with Gasteiger partial charge in [-0.05, 0) is 255 Å². The number of aromatic amines is 1. The first-order chi connectivity index (χ1) is 41.0. The fourth-order valence-corrected chi connectivity index (χ4v) is 9.19. The number of amidine groups is 1. The number of aliphatic carboxylic acids is 1. The zero-order chi connectivity index (χ0) is 68.1. The molecule has 0 bridgehead atoms. The van der Waals surface area contributed by atoms with Crippen LogP contribution in [0.1, 0.15) is 106 Å². The zero-order valence-corrected chi connectivity index (χ0v) is 62.1. The zero-order valence-electron chi connectivity index (χ0n) is 53.7. The monoisotopic (exact) mass is 1450 g/mol. The van der Waals surface area contributed by atoms with Gasteiger partial charge < -0.3 is 41.3 Å². The van der Waals surface area contributed by atoms with E-state index in [9.17, 15) is 31.0 Å². The Morgan fingerprint density at radius 1 is 0.685 bits per heavy atom. The van der Waals surface area contributed by atoms with Gasteiger partial charge in [0.05, 0.1) is 40.4 Å². The van der Waals surface area contributed by atoms with Gasteiger partial charge in [0.15, 0.2) is 0 Å². The molecule has 0 spiro atoms. The van der Waals surface area contributed by atoms with Crippen LogP contribution in [0.5, 0.6) is 0 Å². The van der Waals surface area contributed by atoms with Gasteiger partial charge in [0, 0.05) is 48.6 Å². The fraction of sp³-hybridized carbons (Fsp3) is 0.431. The van der Waals surface area contributed by atoms with E-state index < -0.39 is 31.6 Å². The maximum atomic E-state index is 11.6. The largest absolute Gasteiger partial charge is 1.00 e. The number of aromatic nitrogens is 6. The first-order valence-corrected chi connectivity index (χ1v) is 35.1. The first kappa shape index (κ1) is 89.1. The number of carboxylic acids is 1. The number of carboxylic acid groups (broad SMARTS) is 1. The summed E-state index contributed by atoms with van der Waals surface area (Å²) < 4.78 is 61.2. The number of halogens is 5. The number of rotatable bonds is 10. The number of aryl methyl sites for hydroxylation is 11. The van der Waals surface area contributed by atoms with Gasteiger partial charge >= 0.3 is 40.7 Å². The van der Waals surface area contributed by atoms with E-state index >= 15 is 0 Å². The van der Waals surface area contributed by atoms with Gasteiger partial charge in [-0.3, -0.25) is 14.8 Å². The number of carbonyl (C=O) groups excluding carboxylic acids is 2. The Labute approximate surface area is 587 Å². The van der Waals surface area contributed by atoms with Crippen LogP contribution in [0.25, 0.3) is 32.7 Å². The number of benzene rings is 4. The van der Waals surface area contributed by atoms with E-state index in [0.717, 1.165) is 107 Å². The number of nitrogens with two attached hydrogens (primary N) is 4. The normalized spacial score (nSPS) is 12.3. The molecule has 9 rings (SSSR count). The molecule has 2 aliphatic heterocycles. The number of hydrogen-bond donors (Lipinski definition) is 9. The number of esters is 1. The predicted molar refractivity (Wildman–Crippen MR) is 372 cm³/mol. The van der Waals surface area contributed by atoms with Crippen LogP contribution in [-0.4, -0.2) is 111 Å². The average molecular weight is 1450 g/mol. The summed E-state index contributed by atoms with van der Waals surface area (Å²) in [6.07, 6.45) is 1.64. The number of nitrogens with zero attached hydrogens (tertiary/aromatic N) is 6. The van der Waals surface area contributed by atoms with Crippen molar-refractivity contribution in [3.63, 3.8) is 0 Å². The summed E-state index contributed by atoms with van der Waals surface area (Å²) in [6, 6.07) is 15.7. The summed E-state index contributed by atoms with van der Waals surface area (Å²) in [7, 11) is -5.73. The smallest absolute Gasteiger partial charge is 0.550 e. The molecule has 0 radical (unpaired) electrons. The van der Waals surface area contributed by atoms with E-state index in [1.54, 1.807) is 19.1 Å². The van der Waals surface area contributed by atoms with Crippen molar-refractivity contribution < 1.29 is 70.4 Å². The molecule has 5 heterocycles. The molecule has 0 atom stereocenters. The number of ether oxygens (including phenoxy) is 1. The SMILES string of the molecule is C.CC(=N)N.CC(=O)[O-].COC(=O)c1cc(C)c(C)cc1N.Cc1nc(Cl)c2cc(C)c(C)cc2n1.Cc1nc(N2CC(CCNS(N)(=O)=O)C2)c2cc(C)c(C)cc2n1.Cc1nc2cc(C)c(C)cc2c(=O)[nH]1.Cl.NS(=O)(=O)NCCC1CNC1.O=P(Cl)(Cl)Cl.[Na+]. The predicted octanol–water partition coefficient (Wildman–Crippen LogP) is 5.86. The number of hydrogen-bond acceptors (Lipinski definition) is 19. The molecule has 2 saturated heterocycles. The summed E-state index contributed by atoms with van der Waals surface area (Å²) in [5.74, 6) is 2.86. The minimum atomic E-state index is -3.60. The Morgan fingerprint density at radius 2 is 1.04 bits per heavy atom. The third-order valence-corrected chi connectivity index (χ3v) is 14.6. The Bertz CT molecular complexity index is 3950. The minimum Gasteiger partial charge on any atom is -0.550 e. The molecule has 92 heavy (non-hydrogen) atoms. The second kappa shape index (κ2) is 41.1. The van der Waals surface area contributed by atoms with Gasteiger partial charge in [-0.1, -0.05) is 19.0 Å². The number of fused-ring (bicyclic) bond motifs is 3. The van der Waals surface area contributed by atoms with Crippen molar-refractivity contribution in [2.45, 2.75) is 110 Å². The summed E-state index contributed by atoms with van der Waals surface area (Å²) in [5.41, 5.74) is 23.2. The first-order valence-electron chi connectivity index (χ1n) is 27.3. The maximum Gasteiger partial charge on any atom is 1.00 e.